The molecule has 3 nitrogen and oxygen atoms in total. The van der Waals surface area contributed by atoms with E-state index in [1.807, 2.05) is 11.6 Å². The summed E-state index contributed by atoms with van der Waals surface area (Å²) in [6.07, 6.45) is 1.73. The minimum atomic E-state index is 0.943. The smallest absolute Gasteiger partial charge is 0.191 e. The van der Waals surface area contributed by atoms with Gasteiger partial charge < -0.3 is 4.57 Å². The van der Waals surface area contributed by atoms with Crippen LogP contribution in [-0.4, -0.2) is 14.8 Å². The van der Waals surface area contributed by atoms with E-state index < -0.39 is 0 Å². The van der Waals surface area contributed by atoms with Crippen molar-refractivity contribution in [3.63, 3.8) is 0 Å². The number of thioether (sulfide) groups is 1. The van der Waals surface area contributed by atoms with Gasteiger partial charge in [-0.2, -0.15) is 0 Å². The SMILES string of the molecule is Cc1ccc(CSc2nncn2C)c(C)c1. The maximum atomic E-state index is 4.05. The lowest BCUT2D eigenvalue weighted by Crippen LogP contribution is -1.92. The van der Waals surface area contributed by atoms with Crippen molar-refractivity contribution in [2.75, 3.05) is 0 Å². The summed E-state index contributed by atoms with van der Waals surface area (Å²) in [5.74, 6) is 0.943. The second kappa shape index (κ2) is 4.70. The Bertz CT molecular complexity index is 491. The van der Waals surface area contributed by atoms with Crippen LogP contribution in [-0.2, 0) is 12.8 Å². The average molecular weight is 233 g/mol. The highest BCUT2D eigenvalue weighted by molar-refractivity contribution is 7.98. The number of nitrogens with zero attached hydrogens (tertiary/aromatic N) is 3. The summed E-state index contributed by atoms with van der Waals surface area (Å²) < 4.78 is 1.94. The van der Waals surface area contributed by atoms with Crippen molar-refractivity contribution in [2.45, 2.75) is 24.8 Å². The van der Waals surface area contributed by atoms with Crippen molar-refractivity contribution in [1.29, 1.82) is 0 Å². The molecule has 0 fully saturated rings. The maximum Gasteiger partial charge on any atom is 0.191 e. The summed E-state index contributed by atoms with van der Waals surface area (Å²) in [7, 11) is 1.96. The molecule has 1 aromatic carbocycles. The van der Waals surface area contributed by atoms with Gasteiger partial charge in [-0.25, -0.2) is 0 Å². The van der Waals surface area contributed by atoms with Crippen molar-refractivity contribution in [1.82, 2.24) is 14.8 Å². The fourth-order valence-electron chi connectivity index (χ4n) is 1.55. The van der Waals surface area contributed by atoms with Crippen LogP contribution in [0.5, 0.6) is 0 Å². The molecule has 0 amide bonds. The quantitative estimate of drug-likeness (QED) is 0.764. The molecule has 2 rings (SSSR count). The molecule has 0 spiro atoms. The molecule has 0 atom stereocenters. The normalized spacial score (nSPS) is 10.7. The minimum absolute atomic E-state index is 0.943. The Kier molecular flexibility index (Phi) is 3.29. The van der Waals surface area contributed by atoms with Gasteiger partial charge in [-0.1, -0.05) is 35.5 Å². The molecule has 0 radical (unpaired) electrons. The highest BCUT2D eigenvalue weighted by Gasteiger charge is 2.04. The number of rotatable bonds is 3. The number of aromatic nitrogens is 3. The second-order valence-corrected chi connectivity index (χ2v) is 4.89. The Hall–Kier alpha value is -1.29. The van der Waals surface area contributed by atoms with E-state index in [-0.39, 0.29) is 0 Å². The molecule has 0 aliphatic heterocycles. The van der Waals surface area contributed by atoms with E-state index >= 15 is 0 Å². The molecule has 1 heterocycles. The van der Waals surface area contributed by atoms with E-state index in [2.05, 4.69) is 42.2 Å². The van der Waals surface area contributed by atoms with E-state index in [1.54, 1.807) is 18.1 Å². The largest absolute Gasteiger partial charge is 0.312 e. The molecular formula is C12H15N3S. The molecule has 0 saturated heterocycles. The van der Waals surface area contributed by atoms with Gasteiger partial charge in [0, 0.05) is 12.8 Å². The van der Waals surface area contributed by atoms with Gasteiger partial charge in [0.1, 0.15) is 6.33 Å². The molecule has 0 saturated carbocycles. The van der Waals surface area contributed by atoms with Gasteiger partial charge in [0.25, 0.3) is 0 Å². The van der Waals surface area contributed by atoms with Gasteiger partial charge in [0.05, 0.1) is 0 Å². The highest BCUT2D eigenvalue weighted by atomic mass is 32.2. The molecule has 2 aromatic rings. The highest BCUT2D eigenvalue weighted by Crippen LogP contribution is 2.22. The molecule has 84 valence electrons. The van der Waals surface area contributed by atoms with Crippen LogP contribution in [0, 0.1) is 13.8 Å². The standard InChI is InChI=1S/C12H15N3S/c1-9-4-5-11(10(2)6-9)7-16-12-14-13-8-15(12)3/h4-6,8H,7H2,1-3H3. The lowest BCUT2D eigenvalue weighted by molar-refractivity contribution is 0.788. The van der Waals surface area contributed by atoms with Crippen LogP contribution in [0.3, 0.4) is 0 Å². The van der Waals surface area contributed by atoms with Crippen LogP contribution >= 0.6 is 11.8 Å². The molecule has 4 heteroatoms. The third-order valence-electron chi connectivity index (χ3n) is 2.52. The monoisotopic (exact) mass is 233 g/mol. The van der Waals surface area contributed by atoms with E-state index in [1.165, 1.54) is 16.7 Å². The van der Waals surface area contributed by atoms with Gasteiger partial charge in [0.2, 0.25) is 0 Å². The Labute approximate surface area is 99.9 Å². The lowest BCUT2D eigenvalue weighted by Gasteiger charge is -2.06. The summed E-state index contributed by atoms with van der Waals surface area (Å²) in [5, 5.41) is 8.87. The fourth-order valence-corrected chi connectivity index (χ4v) is 2.52. The Morgan fingerprint density at radius 1 is 1.31 bits per heavy atom. The van der Waals surface area contributed by atoms with Crippen LogP contribution < -0.4 is 0 Å². The van der Waals surface area contributed by atoms with Crippen molar-refractivity contribution in [3.8, 4) is 0 Å². The molecular weight excluding hydrogens is 218 g/mol. The van der Waals surface area contributed by atoms with Crippen LogP contribution in [0.2, 0.25) is 0 Å². The average Bonchev–Trinajstić information content (AvgIpc) is 2.63. The molecule has 0 aliphatic rings. The number of aryl methyl sites for hydroxylation is 3. The van der Waals surface area contributed by atoms with E-state index in [9.17, 15) is 0 Å². The van der Waals surface area contributed by atoms with Gasteiger partial charge in [-0.3, -0.25) is 0 Å². The molecule has 0 bridgehead atoms. The summed E-state index contributed by atoms with van der Waals surface area (Å²) in [6, 6.07) is 6.56. The van der Waals surface area contributed by atoms with Crippen molar-refractivity contribution in [2.24, 2.45) is 7.05 Å². The van der Waals surface area contributed by atoms with Crippen molar-refractivity contribution in [3.05, 3.63) is 41.2 Å². The molecule has 0 aliphatic carbocycles. The first-order chi connectivity index (χ1) is 7.66. The first-order valence-electron chi connectivity index (χ1n) is 5.20. The van der Waals surface area contributed by atoms with Gasteiger partial charge in [-0.05, 0) is 25.0 Å². The zero-order valence-corrected chi connectivity index (χ0v) is 10.6. The number of benzene rings is 1. The van der Waals surface area contributed by atoms with Gasteiger partial charge in [-0.15, -0.1) is 10.2 Å². The minimum Gasteiger partial charge on any atom is -0.312 e. The Morgan fingerprint density at radius 2 is 2.12 bits per heavy atom. The van der Waals surface area contributed by atoms with Crippen molar-refractivity contribution < 1.29 is 0 Å². The van der Waals surface area contributed by atoms with E-state index in [0.29, 0.717) is 0 Å². The lowest BCUT2D eigenvalue weighted by atomic mass is 10.1. The Morgan fingerprint density at radius 3 is 2.75 bits per heavy atom. The summed E-state index contributed by atoms with van der Waals surface area (Å²) in [4.78, 5) is 0. The fraction of sp³-hybridized carbons (Fsp3) is 0.333. The first kappa shape index (κ1) is 11.2. The van der Waals surface area contributed by atoms with Crippen LogP contribution in [0.4, 0.5) is 0 Å². The molecule has 0 unspecified atom stereocenters. The van der Waals surface area contributed by atoms with Crippen LogP contribution in [0.15, 0.2) is 29.7 Å². The topological polar surface area (TPSA) is 30.7 Å². The predicted molar refractivity (Wildman–Crippen MR) is 66.5 cm³/mol. The Balaban J connectivity index is 2.08. The number of hydrogen-bond donors (Lipinski definition) is 0. The zero-order chi connectivity index (χ0) is 11.5. The summed E-state index contributed by atoms with van der Waals surface area (Å²) in [6.45, 7) is 4.27. The molecule has 1 aromatic heterocycles. The predicted octanol–water partition coefficient (Wildman–Crippen LogP) is 2.72. The van der Waals surface area contributed by atoms with E-state index in [4.69, 9.17) is 0 Å². The maximum absolute atomic E-state index is 4.05. The molecule has 16 heavy (non-hydrogen) atoms. The zero-order valence-electron chi connectivity index (χ0n) is 9.77. The first-order valence-corrected chi connectivity index (χ1v) is 6.18. The van der Waals surface area contributed by atoms with E-state index in [0.717, 1.165) is 10.9 Å². The second-order valence-electron chi connectivity index (χ2n) is 3.94. The third kappa shape index (κ3) is 2.44. The number of hydrogen-bond acceptors (Lipinski definition) is 3. The third-order valence-corrected chi connectivity index (χ3v) is 3.61. The van der Waals surface area contributed by atoms with Gasteiger partial charge >= 0.3 is 0 Å². The summed E-state index contributed by atoms with van der Waals surface area (Å²) >= 11 is 1.72. The summed E-state index contributed by atoms with van der Waals surface area (Å²) in [5.41, 5.74) is 4.01. The molecule has 0 N–H and O–H groups in total. The van der Waals surface area contributed by atoms with Crippen LogP contribution in [0.1, 0.15) is 16.7 Å². The van der Waals surface area contributed by atoms with Crippen LogP contribution in [0.25, 0.3) is 0 Å². The van der Waals surface area contributed by atoms with Crippen molar-refractivity contribution >= 4 is 11.8 Å². The van der Waals surface area contributed by atoms with Gasteiger partial charge in [0.15, 0.2) is 5.16 Å².